The third-order valence-corrected chi connectivity index (χ3v) is 4.82. The van der Waals surface area contributed by atoms with Crippen molar-refractivity contribution in [2.75, 3.05) is 16.8 Å². The summed E-state index contributed by atoms with van der Waals surface area (Å²) in [6.07, 6.45) is 2.53. The summed E-state index contributed by atoms with van der Waals surface area (Å²) in [5, 5.41) is 2.80. The van der Waals surface area contributed by atoms with E-state index in [1.54, 1.807) is 36.5 Å². The fraction of sp³-hybridized carbons (Fsp3) is 0.182. The largest absolute Gasteiger partial charge is 0.336 e. The Morgan fingerprint density at radius 1 is 1.04 bits per heavy atom. The molecule has 6 heteroatoms. The average Bonchev–Trinajstić information content (AvgIpc) is 2.73. The minimum absolute atomic E-state index is 0.0502. The van der Waals surface area contributed by atoms with Crippen molar-refractivity contribution in [1.82, 2.24) is 9.97 Å². The predicted molar refractivity (Wildman–Crippen MR) is 108 cm³/mol. The lowest BCUT2D eigenvalue weighted by molar-refractivity contribution is 0.100. The van der Waals surface area contributed by atoms with Crippen LogP contribution in [0.4, 0.5) is 11.6 Å². The van der Waals surface area contributed by atoms with Gasteiger partial charge in [0.05, 0.1) is 0 Å². The number of hydrogen-bond acceptors (Lipinski definition) is 5. The van der Waals surface area contributed by atoms with Gasteiger partial charge >= 0.3 is 0 Å². The van der Waals surface area contributed by atoms with Gasteiger partial charge in [-0.05, 0) is 42.7 Å². The molecule has 1 N–H and O–H groups in total. The van der Waals surface area contributed by atoms with E-state index in [-0.39, 0.29) is 17.4 Å². The van der Waals surface area contributed by atoms with Gasteiger partial charge in [-0.2, -0.15) is 0 Å². The van der Waals surface area contributed by atoms with Gasteiger partial charge in [-0.1, -0.05) is 36.4 Å². The van der Waals surface area contributed by atoms with Crippen LogP contribution in [0.5, 0.6) is 0 Å². The molecule has 2 aromatic carbocycles. The Hall–Kier alpha value is -3.54. The first kappa shape index (κ1) is 17.9. The van der Waals surface area contributed by atoms with Crippen LogP contribution < -0.4 is 10.2 Å². The van der Waals surface area contributed by atoms with Crippen molar-refractivity contribution in [3.8, 4) is 0 Å². The SMILES string of the molecule is CC(=O)c1cccc(NC(=O)c2ccnc(N3CCc4ccccc4C3)n2)c1. The van der Waals surface area contributed by atoms with Crippen molar-refractivity contribution < 1.29 is 9.59 Å². The van der Waals surface area contributed by atoms with Gasteiger partial charge < -0.3 is 10.2 Å². The second-order valence-corrected chi connectivity index (χ2v) is 6.77. The Morgan fingerprint density at radius 3 is 2.68 bits per heavy atom. The molecule has 0 bridgehead atoms. The van der Waals surface area contributed by atoms with E-state index in [1.807, 2.05) is 6.07 Å². The van der Waals surface area contributed by atoms with Crippen molar-refractivity contribution in [3.05, 3.63) is 83.2 Å². The molecule has 1 aliphatic heterocycles. The summed E-state index contributed by atoms with van der Waals surface area (Å²) in [6, 6.07) is 16.8. The number of nitrogens with one attached hydrogen (secondary N) is 1. The van der Waals surface area contributed by atoms with Crippen LogP contribution in [0.2, 0.25) is 0 Å². The zero-order valence-electron chi connectivity index (χ0n) is 15.6. The number of amides is 1. The third kappa shape index (κ3) is 3.76. The molecule has 2 heterocycles. The van der Waals surface area contributed by atoms with Crippen LogP contribution in [0.3, 0.4) is 0 Å². The highest BCUT2D eigenvalue weighted by Crippen LogP contribution is 2.22. The van der Waals surface area contributed by atoms with E-state index in [0.717, 1.165) is 19.5 Å². The normalized spacial score (nSPS) is 13.0. The maximum atomic E-state index is 12.6. The van der Waals surface area contributed by atoms with E-state index >= 15 is 0 Å². The number of Topliss-reactive ketones (excluding diaryl/α,β-unsaturated/α-hetero) is 1. The van der Waals surface area contributed by atoms with Gasteiger partial charge in [-0.3, -0.25) is 9.59 Å². The van der Waals surface area contributed by atoms with Crippen LogP contribution in [0.15, 0.2) is 60.8 Å². The third-order valence-electron chi connectivity index (χ3n) is 4.82. The summed E-state index contributed by atoms with van der Waals surface area (Å²) in [6.45, 7) is 3.03. The first-order valence-electron chi connectivity index (χ1n) is 9.17. The molecular weight excluding hydrogens is 352 g/mol. The lowest BCUT2D eigenvalue weighted by atomic mass is 10.0. The first-order valence-corrected chi connectivity index (χ1v) is 9.17. The Balaban J connectivity index is 1.52. The maximum Gasteiger partial charge on any atom is 0.274 e. The zero-order chi connectivity index (χ0) is 19.5. The number of benzene rings is 2. The van der Waals surface area contributed by atoms with Gasteiger partial charge in [0, 0.05) is 30.5 Å². The molecular formula is C22H20N4O2. The Bertz CT molecular complexity index is 1050. The lowest BCUT2D eigenvalue weighted by Crippen LogP contribution is -2.32. The van der Waals surface area contributed by atoms with E-state index in [0.29, 0.717) is 17.2 Å². The Kier molecular flexibility index (Phi) is 4.85. The average molecular weight is 372 g/mol. The first-order chi connectivity index (χ1) is 13.6. The van der Waals surface area contributed by atoms with Gasteiger partial charge in [0.1, 0.15) is 5.69 Å². The number of rotatable bonds is 4. The molecule has 1 aliphatic rings. The zero-order valence-corrected chi connectivity index (χ0v) is 15.6. The molecule has 0 aliphatic carbocycles. The summed E-state index contributed by atoms with van der Waals surface area (Å²) in [4.78, 5) is 35.0. The summed E-state index contributed by atoms with van der Waals surface area (Å²) in [5.74, 6) is 0.159. The fourth-order valence-electron chi connectivity index (χ4n) is 3.30. The van der Waals surface area contributed by atoms with Crippen LogP contribution in [0.25, 0.3) is 0 Å². The fourth-order valence-corrected chi connectivity index (χ4v) is 3.30. The van der Waals surface area contributed by atoms with E-state index < -0.39 is 0 Å². The van der Waals surface area contributed by atoms with Crippen LogP contribution in [0, 0.1) is 0 Å². The molecule has 0 spiro atoms. The molecule has 6 nitrogen and oxygen atoms in total. The molecule has 0 unspecified atom stereocenters. The molecule has 0 saturated heterocycles. The standard InChI is InChI=1S/C22H20N4O2/c1-15(27)17-7-4-8-19(13-17)24-21(28)20-9-11-23-22(25-20)26-12-10-16-5-2-3-6-18(16)14-26/h2-9,11,13H,10,12,14H2,1H3,(H,24,28). The smallest absolute Gasteiger partial charge is 0.274 e. The molecule has 1 aromatic heterocycles. The minimum Gasteiger partial charge on any atom is -0.336 e. The molecule has 0 radical (unpaired) electrons. The molecule has 4 rings (SSSR count). The van der Waals surface area contributed by atoms with Gasteiger partial charge in [-0.15, -0.1) is 0 Å². The predicted octanol–water partition coefficient (Wildman–Crippen LogP) is 3.49. The van der Waals surface area contributed by atoms with E-state index in [4.69, 9.17) is 0 Å². The summed E-state index contributed by atoms with van der Waals surface area (Å²) >= 11 is 0. The van der Waals surface area contributed by atoms with E-state index in [1.165, 1.54) is 18.1 Å². The summed E-state index contributed by atoms with van der Waals surface area (Å²) in [7, 11) is 0. The van der Waals surface area contributed by atoms with Crippen molar-refractivity contribution in [3.63, 3.8) is 0 Å². The van der Waals surface area contributed by atoms with Crippen molar-refractivity contribution in [1.29, 1.82) is 0 Å². The molecule has 140 valence electrons. The molecule has 0 atom stereocenters. The number of ketones is 1. The van der Waals surface area contributed by atoms with Crippen LogP contribution in [-0.2, 0) is 13.0 Å². The lowest BCUT2D eigenvalue weighted by Gasteiger charge is -2.28. The number of fused-ring (bicyclic) bond motifs is 1. The number of carbonyl (C=O) groups excluding carboxylic acids is 2. The van der Waals surface area contributed by atoms with Crippen LogP contribution in [-0.4, -0.2) is 28.2 Å². The van der Waals surface area contributed by atoms with E-state index in [2.05, 4.69) is 38.4 Å². The van der Waals surface area contributed by atoms with Crippen molar-refractivity contribution in [2.24, 2.45) is 0 Å². The number of carbonyl (C=O) groups is 2. The highest BCUT2D eigenvalue weighted by Gasteiger charge is 2.19. The summed E-state index contributed by atoms with van der Waals surface area (Å²) < 4.78 is 0. The molecule has 3 aromatic rings. The minimum atomic E-state index is -0.332. The van der Waals surface area contributed by atoms with Gasteiger partial charge in [0.25, 0.3) is 5.91 Å². The second kappa shape index (κ2) is 7.60. The number of nitrogens with zero attached hydrogens (tertiary/aromatic N) is 3. The molecule has 0 saturated carbocycles. The Morgan fingerprint density at radius 2 is 1.86 bits per heavy atom. The topological polar surface area (TPSA) is 75.2 Å². The molecule has 28 heavy (non-hydrogen) atoms. The monoisotopic (exact) mass is 372 g/mol. The van der Waals surface area contributed by atoms with Crippen molar-refractivity contribution >= 4 is 23.3 Å². The molecule has 0 fully saturated rings. The highest BCUT2D eigenvalue weighted by molar-refractivity contribution is 6.04. The van der Waals surface area contributed by atoms with Crippen molar-refractivity contribution in [2.45, 2.75) is 19.9 Å². The maximum absolute atomic E-state index is 12.6. The number of hydrogen-bond donors (Lipinski definition) is 1. The van der Waals surface area contributed by atoms with Crippen LogP contribution >= 0.6 is 0 Å². The number of aromatic nitrogens is 2. The van der Waals surface area contributed by atoms with Gasteiger partial charge in [0.2, 0.25) is 5.95 Å². The summed E-state index contributed by atoms with van der Waals surface area (Å²) in [5.41, 5.74) is 4.00. The molecule has 1 amide bonds. The van der Waals surface area contributed by atoms with Gasteiger partial charge in [-0.25, -0.2) is 9.97 Å². The van der Waals surface area contributed by atoms with Crippen LogP contribution in [0.1, 0.15) is 38.9 Å². The van der Waals surface area contributed by atoms with E-state index in [9.17, 15) is 9.59 Å². The Labute approximate surface area is 163 Å². The second-order valence-electron chi connectivity index (χ2n) is 6.77. The van der Waals surface area contributed by atoms with Gasteiger partial charge in [0.15, 0.2) is 5.78 Å². The number of anilines is 2. The quantitative estimate of drug-likeness (QED) is 0.710. The highest BCUT2D eigenvalue weighted by atomic mass is 16.2.